The molecular formula is C22H19Cl2FN2O4S2. The lowest BCUT2D eigenvalue weighted by atomic mass is 10.0. The number of benzene rings is 2. The van der Waals surface area contributed by atoms with Crippen LogP contribution in [0.5, 0.6) is 5.75 Å². The number of nitrogens with one attached hydrogen (secondary N) is 1. The van der Waals surface area contributed by atoms with Crippen molar-refractivity contribution in [2.45, 2.75) is 23.1 Å². The summed E-state index contributed by atoms with van der Waals surface area (Å²) >= 11 is 12.5. The van der Waals surface area contributed by atoms with E-state index in [4.69, 9.17) is 27.9 Å². The van der Waals surface area contributed by atoms with Crippen LogP contribution in [0.3, 0.4) is 0 Å². The maximum Gasteiger partial charge on any atom is 0.250 e. The zero-order valence-corrected chi connectivity index (χ0v) is 20.5. The number of piperidine rings is 1. The lowest BCUT2D eigenvalue weighted by Crippen LogP contribution is -2.52. The van der Waals surface area contributed by atoms with Crippen molar-refractivity contribution in [2.24, 2.45) is 0 Å². The van der Waals surface area contributed by atoms with E-state index in [-0.39, 0.29) is 25.8 Å². The monoisotopic (exact) mass is 528 g/mol. The van der Waals surface area contributed by atoms with Gasteiger partial charge in [0.15, 0.2) is 0 Å². The van der Waals surface area contributed by atoms with Gasteiger partial charge in [-0.25, -0.2) is 12.8 Å². The molecule has 0 saturated carbocycles. The van der Waals surface area contributed by atoms with Crippen LogP contribution in [0, 0.1) is 5.82 Å². The van der Waals surface area contributed by atoms with Gasteiger partial charge < -0.3 is 9.64 Å². The Hall–Kier alpha value is -2.17. The van der Waals surface area contributed by atoms with Crippen molar-refractivity contribution < 1.29 is 22.3 Å². The van der Waals surface area contributed by atoms with Gasteiger partial charge in [-0.15, -0.1) is 11.3 Å². The summed E-state index contributed by atoms with van der Waals surface area (Å²) in [6.07, 6.45) is 0.793. The molecule has 33 heavy (non-hydrogen) atoms. The van der Waals surface area contributed by atoms with Crippen LogP contribution in [-0.4, -0.2) is 34.0 Å². The highest BCUT2D eigenvalue weighted by atomic mass is 35.5. The minimum absolute atomic E-state index is 0.0877. The number of sulfonamides is 1. The van der Waals surface area contributed by atoms with E-state index in [0.717, 1.165) is 11.3 Å². The summed E-state index contributed by atoms with van der Waals surface area (Å²) in [4.78, 5) is 14.3. The van der Waals surface area contributed by atoms with Crippen molar-refractivity contribution >= 4 is 56.2 Å². The van der Waals surface area contributed by atoms with E-state index < -0.39 is 27.8 Å². The van der Waals surface area contributed by atoms with Crippen LogP contribution in [-0.2, 0) is 14.8 Å². The minimum atomic E-state index is -4.02. The first-order valence-corrected chi connectivity index (χ1v) is 13.0. The highest BCUT2D eigenvalue weighted by molar-refractivity contribution is 7.91. The molecule has 1 aromatic heterocycles. The first-order chi connectivity index (χ1) is 15.7. The molecule has 2 heterocycles. The van der Waals surface area contributed by atoms with Gasteiger partial charge in [-0.05, 0) is 42.7 Å². The predicted molar refractivity (Wildman–Crippen MR) is 128 cm³/mol. The molecule has 1 amide bonds. The minimum Gasteiger partial charge on any atom is -0.496 e. The van der Waals surface area contributed by atoms with Gasteiger partial charge in [0.2, 0.25) is 5.91 Å². The number of amides is 1. The molecule has 0 radical (unpaired) electrons. The van der Waals surface area contributed by atoms with Crippen LogP contribution in [0.25, 0.3) is 11.1 Å². The third-order valence-corrected chi connectivity index (χ3v) is 9.09. The summed E-state index contributed by atoms with van der Waals surface area (Å²) in [6.45, 7) is 0.276. The number of carbonyl (C=O) groups excluding carboxylic acids is 1. The fourth-order valence-corrected chi connectivity index (χ4v) is 6.83. The number of halogens is 3. The van der Waals surface area contributed by atoms with Gasteiger partial charge in [-0.1, -0.05) is 47.5 Å². The first-order valence-electron chi connectivity index (χ1n) is 9.93. The summed E-state index contributed by atoms with van der Waals surface area (Å²) in [5.74, 6) is -0.517. The van der Waals surface area contributed by atoms with E-state index >= 15 is 4.39 Å². The summed E-state index contributed by atoms with van der Waals surface area (Å²) in [5, 5.41) is 0.121. The van der Waals surface area contributed by atoms with E-state index in [0.29, 0.717) is 29.7 Å². The number of methoxy groups -OCH3 is 1. The fraction of sp³-hybridized carbons (Fsp3) is 0.227. The zero-order valence-electron chi connectivity index (χ0n) is 17.3. The average molecular weight is 529 g/mol. The molecule has 0 spiro atoms. The van der Waals surface area contributed by atoms with E-state index in [1.807, 2.05) is 18.2 Å². The van der Waals surface area contributed by atoms with Crippen LogP contribution in [0.15, 0.2) is 52.7 Å². The molecule has 1 N–H and O–H groups in total. The third-order valence-electron chi connectivity index (χ3n) is 5.28. The lowest BCUT2D eigenvalue weighted by Gasteiger charge is -2.32. The largest absolute Gasteiger partial charge is 0.496 e. The van der Waals surface area contributed by atoms with Gasteiger partial charge in [-0.3, -0.25) is 4.79 Å². The summed E-state index contributed by atoms with van der Waals surface area (Å²) in [7, 11) is -2.48. The molecule has 11 heteroatoms. The van der Waals surface area contributed by atoms with Crippen molar-refractivity contribution in [1.29, 1.82) is 0 Å². The number of para-hydroxylation sites is 1. The highest BCUT2D eigenvalue weighted by Gasteiger charge is 2.35. The maximum atomic E-state index is 15.1. The standard InChI is InChI=1S/C22H19Cl2FN2O4S2/c1-31-19-7-3-2-5-14(19)13-8-9-18(16(25)11-13)27-10-4-6-17(22(27)28)26-33(29,30)20-12-15(23)21(24)32-20/h2-3,5,7-9,11-12,17,26H,4,6,10H2,1H3. The average Bonchev–Trinajstić information content (AvgIpc) is 3.14. The summed E-state index contributed by atoms with van der Waals surface area (Å²) in [6, 6.07) is 12.0. The Morgan fingerprint density at radius 3 is 2.61 bits per heavy atom. The zero-order chi connectivity index (χ0) is 23.8. The van der Waals surface area contributed by atoms with Crippen LogP contribution in [0.4, 0.5) is 10.1 Å². The van der Waals surface area contributed by atoms with E-state index in [9.17, 15) is 13.2 Å². The molecule has 3 aromatic rings. The maximum absolute atomic E-state index is 15.1. The Kier molecular flexibility index (Phi) is 6.97. The Morgan fingerprint density at radius 2 is 1.94 bits per heavy atom. The van der Waals surface area contributed by atoms with Crippen LogP contribution < -0.4 is 14.4 Å². The number of thiophene rings is 1. The number of anilines is 1. The van der Waals surface area contributed by atoms with Gasteiger partial charge in [0.05, 0.1) is 17.8 Å². The molecule has 6 nitrogen and oxygen atoms in total. The smallest absolute Gasteiger partial charge is 0.250 e. The number of hydrogen-bond donors (Lipinski definition) is 1. The van der Waals surface area contributed by atoms with Gasteiger partial charge in [0.1, 0.15) is 26.2 Å². The summed E-state index contributed by atoms with van der Waals surface area (Å²) < 4.78 is 48.3. The number of carbonyl (C=O) groups is 1. The molecule has 1 unspecified atom stereocenters. The van der Waals surface area contributed by atoms with Crippen molar-refractivity contribution in [2.75, 3.05) is 18.6 Å². The molecule has 0 bridgehead atoms. The Morgan fingerprint density at radius 1 is 1.18 bits per heavy atom. The normalized spacial score (nSPS) is 16.8. The predicted octanol–water partition coefficient (Wildman–Crippen LogP) is 5.34. The molecule has 1 saturated heterocycles. The lowest BCUT2D eigenvalue weighted by molar-refractivity contribution is -0.121. The van der Waals surface area contributed by atoms with Crippen molar-refractivity contribution in [1.82, 2.24) is 4.72 Å². The molecule has 1 atom stereocenters. The number of rotatable bonds is 6. The number of ether oxygens (including phenoxy) is 1. The topological polar surface area (TPSA) is 75.7 Å². The second-order valence-corrected chi connectivity index (χ2v) is 11.4. The molecule has 1 aliphatic rings. The van der Waals surface area contributed by atoms with Gasteiger partial charge in [-0.2, -0.15) is 4.72 Å². The van der Waals surface area contributed by atoms with Crippen LogP contribution in [0.2, 0.25) is 9.36 Å². The molecular weight excluding hydrogens is 510 g/mol. The van der Waals surface area contributed by atoms with Crippen LogP contribution >= 0.6 is 34.5 Å². The highest BCUT2D eigenvalue weighted by Crippen LogP contribution is 2.35. The van der Waals surface area contributed by atoms with E-state index in [1.54, 1.807) is 12.1 Å². The van der Waals surface area contributed by atoms with Crippen molar-refractivity contribution in [3.05, 3.63) is 63.7 Å². The number of nitrogens with zero attached hydrogens (tertiary/aromatic N) is 1. The SMILES string of the molecule is COc1ccccc1-c1ccc(N2CCCC(NS(=O)(=O)c3cc(Cl)c(Cl)s3)C2=O)c(F)c1. The second kappa shape index (κ2) is 9.60. The van der Waals surface area contributed by atoms with Crippen LogP contribution in [0.1, 0.15) is 12.8 Å². The van der Waals surface area contributed by atoms with Gasteiger partial charge in [0.25, 0.3) is 10.0 Å². The first kappa shape index (κ1) is 24.0. The van der Waals surface area contributed by atoms with Crippen molar-refractivity contribution in [3.63, 3.8) is 0 Å². The third kappa shape index (κ3) is 4.88. The van der Waals surface area contributed by atoms with E-state index in [1.165, 1.54) is 30.2 Å². The van der Waals surface area contributed by atoms with Gasteiger partial charge >= 0.3 is 0 Å². The Labute approximate surface area is 204 Å². The molecule has 4 rings (SSSR count). The van der Waals surface area contributed by atoms with E-state index in [2.05, 4.69) is 4.72 Å². The molecule has 2 aromatic carbocycles. The molecule has 1 aliphatic heterocycles. The molecule has 1 fully saturated rings. The van der Waals surface area contributed by atoms with Crippen molar-refractivity contribution in [3.8, 4) is 16.9 Å². The second-order valence-electron chi connectivity index (χ2n) is 7.36. The Bertz CT molecular complexity index is 1290. The van der Waals surface area contributed by atoms with Gasteiger partial charge in [0, 0.05) is 12.1 Å². The Balaban J connectivity index is 1.58. The number of hydrogen-bond acceptors (Lipinski definition) is 5. The molecule has 0 aliphatic carbocycles. The molecule has 174 valence electrons. The quantitative estimate of drug-likeness (QED) is 0.468. The summed E-state index contributed by atoms with van der Waals surface area (Å²) in [5.41, 5.74) is 1.40. The fourth-order valence-electron chi connectivity index (χ4n) is 3.70.